The van der Waals surface area contributed by atoms with Crippen molar-refractivity contribution in [3.8, 4) is 0 Å². The van der Waals surface area contributed by atoms with Crippen molar-refractivity contribution in [3.63, 3.8) is 0 Å². The zero-order valence-corrected chi connectivity index (χ0v) is 20.5. The monoisotopic (exact) mass is 406 g/mol. The molecular weight excluding hydrogens is 356 g/mol. The molecule has 0 aromatic heterocycles. The van der Waals surface area contributed by atoms with Gasteiger partial charge < -0.3 is 14.5 Å². The first-order valence-corrected chi connectivity index (χ1v) is 12.8. The van der Waals surface area contributed by atoms with Gasteiger partial charge in [0.1, 0.15) is 0 Å². The number of ether oxygens (including phenoxy) is 1. The van der Waals surface area contributed by atoms with E-state index in [-0.39, 0.29) is 0 Å². The SMILES string of the molecule is CC(C)OCCC1CCN(CC2CC(N3CCC(C(C)C(C)(C)C)CC3)C2)CC1. The van der Waals surface area contributed by atoms with E-state index in [1.807, 2.05) is 0 Å². The largest absolute Gasteiger partial charge is 0.379 e. The molecule has 1 atom stereocenters. The van der Waals surface area contributed by atoms with Gasteiger partial charge in [0.05, 0.1) is 6.10 Å². The van der Waals surface area contributed by atoms with Crippen LogP contribution in [-0.2, 0) is 4.74 Å². The molecule has 3 nitrogen and oxygen atoms in total. The number of rotatable bonds is 8. The summed E-state index contributed by atoms with van der Waals surface area (Å²) in [6, 6.07) is 0.900. The maximum atomic E-state index is 5.75. The highest BCUT2D eigenvalue weighted by Crippen LogP contribution is 2.40. The Bertz CT molecular complexity index is 464. The molecule has 0 radical (unpaired) electrons. The maximum absolute atomic E-state index is 5.75. The van der Waals surface area contributed by atoms with Crippen LogP contribution in [0, 0.1) is 29.1 Å². The van der Waals surface area contributed by atoms with Crippen LogP contribution in [0.2, 0.25) is 0 Å². The normalized spacial score (nSPS) is 29.9. The predicted octanol–water partition coefficient (Wildman–Crippen LogP) is 5.69. The lowest BCUT2D eigenvalue weighted by atomic mass is 9.70. The van der Waals surface area contributed by atoms with Crippen molar-refractivity contribution < 1.29 is 4.74 Å². The summed E-state index contributed by atoms with van der Waals surface area (Å²) in [5, 5.41) is 0. The van der Waals surface area contributed by atoms with Crippen molar-refractivity contribution in [2.75, 3.05) is 39.3 Å². The summed E-state index contributed by atoms with van der Waals surface area (Å²) in [6.07, 6.45) is 10.2. The van der Waals surface area contributed by atoms with Crippen LogP contribution in [0.3, 0.4) is 0 Å². The molecule has 29 heavy (non-hydrogen) atoms. The molecule has 0 spiro atoms. The van der Waals surface area contributed by atoms with Crippen LogP contribution >= 0.6 is 0 Å². The van der Waals surface area contributed by atoms with Crippen molar-refractivity contribution >= 4 is 0 Å². The molecule has 3 fully saturated rings. The van der Waals surface area contributed by atoms with Gasteiger partial charge in [0.15, 0.2) is 0 Å². The second-order valence-corrected chi connectivity index (χ2v) is 12.0. The maximum Gasteiger partial charge on any atom is 0.0518 e. The van der Waals surface area contributed by atoms with Crippen LogP contribution in [-0.4, -0.2) is 61.3 Å². The van der Waals surface area contributed by atoms with Gasteiger partial charge in [-0.2, -0.15) is 0 Å². The van der Waals surface area contributed by atoms with Gasteiger partial charge in [-0.1, -0.05) is 27.7 Å². The van der Waals surface area contributed by atoms with Crippen LogP contribution in [0.5, 0.6) is 0 Å². The standard InChI is InChI=1S/C26H50N2O/c1-20(2)29-16-11-22-7-12-27(13-8-22)19-23-17-25(18-23)28-14-9-24(10-15-28)21(3)26(4,5)6/h20-25H,7-19H2,1-6H3. The smallest absolute Gasteiger partial charge is 0.0518 e. The zero-order valence-electron chi connectivity index (χ0n) is 20.5. The number of nitrogens with zero attached hydrogens (tertiary/aromatic N) is 2. The van der Waals surface area contributed by atoms with Crippen molar-refractivity contribution in [1.29, 1.82) is 0 Å². The summed E-state index contributed by atoms with van der Waals surface area (Å²) in [5.41, 5.74) is 0.462. The third kappa shape index (κ3) is 6.94. The Morgan fingerprint density at radius 3 is 2.03 bits per heavy atom. The molecule has 2 heterocycles. The fraction of sp³-hybridized carbons (Fsp3) is 1.00. The number of likely N-dealkylation sites (tertiary alicyclic amines) is 2. The molecule has 2 aliphatic heterocycles. The Morgan fingerprint density at radius 2 is 1.48 bits per heavy atom. The summed E-state index contributed by atoms with van der Waals surface area (Å²) < 4.78 is 5.75. The van der Waals surface area contributed by atoms with Crippen molar-refractivity contribution in [2.24, 2.45) is 29.1 Å². The average Bonchev–Trinajstić information content (AvgIpc) is 2.64. The molecular formula is C26H50N2O. The quantitative estimate of drug-likeness (QED) is 0.515. The summed E-state index contributed by atoms with van der Waals surface area (Å²) in [7, 11) is 0. The van der Waals surface area contributed by atoms with Crippen molar-refractivity contribution in [2.45, 2.75) is 98.6 Å². The Kier molecular flexibility index (Phi) is 8.49. The second-order valence-electron chi connectivity index (χ2n) is 12.0. The first-order valence-electron chi connectivity index (χ1n) is 12.8. The minimum absolute atomic E-state index is 0.384. The summed E-state index contributed by atoms with van der Waals surface area (Å²) in [6.45, 7) is 21.7. The molecule has 1 saturated carbocycles. The lowest BCUT2D eigenvalue weighted by Gasteiger charge is -2.49. The van der Waals surface area contributed by atoms with E-state index in [1.165, 1.54) is 77.7 Å². The highest BCUT2D eigenvalue weighted by atomic mass is 16.5. The summed E-state index contributed by atoms with van der Waals surface area (Å²) >= 11 is 0. The molecule has 3 rings (SSSR count). The van der Waals surface area contributed by atoms with Gasteiger partial charge in [-0.3, -0.25) is 0 Å². The lowest BCUT2D eigenvalue weighted by molar-refractivity contribution is 0.0108. The van der Waals surface area contributed by atoms with Crippen molar-refractivity contribution in [1.82, 2.24) is 9.80 Å². The Morgan fingerprint density at radius 1 is 0.862 bits per heavy atom. The minimum Gasteiger partial charge on any atom is -0.379 e. The van der Waals surface area contributed by atoms with E-state index in [0.717, 1.165) is 36.3 Å². The first-order chi connectivity index (χ1) is 13.7. The summed E-state index contributed by atoms with van der Waals surface area (Å²) in [4.78, 5) is 5.60. The molecule has 3 aliphatic rings. The van der Waals surface area contributed by atoms with Gasteiger partial charge in [0.25, 0.3) is 0 Å². The fourth-order valence-corrected chi connectivity index (χ4v) is 5.93. The molecule has 0 aromatic carbocycles. The molecule has 0 aromatic rings. The molecule has 2 saturated heterocycles. The molecule has 170 valence electrons. The van der Waals surface area contributed by atoms with E-state index in [2.05, 4.69) is 51.3 Å². The van der Waals surface area contributed by atoms with Gasteiger partial charge in [0, 0.05) is 19.2 Å². The molecule has 1 aliphatic carbocycles. The van der Waals surface area contributed by atoms with Gasteiger partial charge >= 0.3 is 0 Å². The third-order valence-electron chi connectivity index (χ3n) is 8.58. The molecule has 0 N–H and O–H groups in total. The van der Waals surface area contributed by atoms with Crippen molar-refractivity contribution in [3.05, 3.63) is 0 Å². The van der Waals surface area contributed by atoms with E-state index in [1.54, 1.807) is 0 Å². The van der Waals surface area contributed by atoms with Gasteiger partial charge in [-0.25, -0.2) is 0 Å². The minimum atomic E-state index is 0.384. The van der Waals surface area contributed by atoms with Crippen LogP contribution in [0.25, 0.3) is 0 Å². The van der Waals surface area contributed by atoms with E-state index >= 15 is 0 Å². The number of hydrogen-bond acceptors (Lipinski definition) is 3. The van der Waals surface area contributed by atoms with E-state index < -0.39 is 0 Å². The van der Waals surface area contributed by atoms with Crippen LogP contribution in [0.1, 0.15) is 86.5 Å². The Labute approximate surface area is 181 Å². The fourth-order valence-electron chi connectivity index (χ4n) is 5.93. The van der Waals surface area contributed by atoms with E-state index in [0.29, 0.717) is 11.5 Å². The highest BCUT2D eigenvalue weighted by molar-refractivity contribution is 4.92. The average molecular weight is 407 g/mol. The topological polar surface area (TPSA) is 15.7 Å². The molecule has 0 amide bonds. The molecule has 1 unspecified atom stereocenters. The van der Waals surface area contributed by atoms with Crippen LogP contribution < -0.4 is 0 Å². The van der Waals surface area contributed by atoms with E-state index in [9.17, 15) is 0 Å². The zero-order chi connectivity index (χ0) is 21.0. The number of piperidine rings is 2. The first kappa shape index (κ1) is 23.5. The highest BCUT2D eigenvalue weighted by Gasteiger charge is 2.38. The Hall–Kier alpha value is -0.120. The van der Waals surface area contributed by atoms with Crippen LogP contribution in [0.4, 0.5) is 0 Å². The van der Waals surface area contributed by atoms with E-state index in [4.69, 9.17) is 4.74 Å². The lowest BCUT2D eigenvalue weighted by Crippen LogP contribution is -2.51. The van der Waals surface area contributed by atoms with Gasteiger partial charge in [-0.15, -0.1) is 0 Å². The van der Waals surface area contributed by atoms with Gasteiger partial charge in [0.2, 0.25) is 0 Å². The number of hydrogen-bond donors (Lipinski definition) is 0. The molecule has 3 heteroatoms. The van der Waals surface area contributed by atoms with Crippen LogP contribution in [0.15, 0.2) is 0 Å². The Balaban J connectivity index is 1.27. The third-order valence-corrected chi connectivity index (χ3v) is 8.58. The predicted molar refractivity (Wildman–Crippen MR) is 124 cm³/mol. The second kappa shape index (κ2) is 10.5. The van der Waals surface area contributed by atoms with Gasteiger partial charge in [-0.05, 0) is 114 Å². The summed E-state index contributed by atoms with van der Waals surface area (Å²) in [5.74, 6) is 3.65. The molecule has 0 bridgehead atoms.